The molecular weight excluding hydrogens is 403 g/mol. The molecule has 0 radical (unpaired) electrons. The molecule has 1 aromatic heterocycles. The van der Waals surface area contributed by atoms with E-state index < -0.39 is 17.7 Å². The van der Waals surface area contributed by atoms with E-state index in [2.05, 4.69) is 35.9 Å². The molecule has 0 amide bonds. The number of ether oxygens (including phenoxy) is 1. The topological polar surface area (TPSA) is 42.4 Å². The molecule has 2 saturated heterocycles. The van der Waals surface area contributed by atoms with Crippen molar-refractivity contribution < 1.29 is 13.9 Å². The molecule has 4 nitrogen and oxygen atoms in total. The van der Waals surface area contributed by atoms with Gasteiger partial charge in [0.15, 0.2) is 0 Å². The van der Waals surface area contributed by atoms with E-state index in [1.165, 1.54) is 0 Å². The van der Waals surface area contributed by atoms with Crippen LogP contribution in [0.5, 0.6) is 0 Å². The average molecular weight is 431 g/mol. The third-order valence-corrected chi connectivity index (χ3v) is 7.36. The van der Waals surface area contributed by atoms with Crippen molar-refractivity contribution in [3.63, 3.8) is 0 Å². The fraction of sp³-hybridized carbons (Fsp3) is 0.333. The predicted octanol–water partition coefficient (Wildman–Crippen LogP) is 5.51. The van der Waals surface area contributed by atoms with Crippen LogP contribution in [0, 0.1) is 12.7 Å². The van der Waals surface area contributed by atoms with Crippen molar-refractivity contribution in [3.8, 4) is 0 Å². The normalized spacial score (nSPS) is 29.7. The lowest BCUT2D eigenvalue weighted by Gasteiger charge is -2.67. The van der Waals surface area contributed by atoms with Gasteiger partial charge in [-0.1, -0.05) is 67.6 Å². The quantitative estimate of drug-likeness (QED) is 0.512. The number of rotatable bonds is 4. The number of esters is 1. The molecule has 5 rings (SSSR count). The Morgan fingerprint density at radius 2 is 1.62 bits per heavy atom. The molecular formula is C27H27FN2O2. The van der Waals surface area contributed by atoms with E-state index in [1.54, 1.807) is 19.2 Å². The van der Waals surface area contributed by atoms with E-state index in [9.17, 15) is 4.79 Å². The van der Waals surface area contributed by atoms with Gasteiger partial charge in [0.1, 0.15) is 18.0 Å². The van der Waals surface area contributed by atoms with Crippen LogP contribution in [0.15, 0.2) is 72.9 Å². The predicted molar refractivity (Wildman–Crippen MR) is 120 cm³/mol. The number of benzene rings is 2. The average Bonchev–Trinajstić information content (AvgIpc) is 2.82. The van der Waals surface area contributed by atoms with Gasteiger partial charge in [-0.3, -0.25) is 14.7 Å². The van der Waals surface area contributed by atoms with Crippen molar-refractivity contribution in [3.05, 3.63) is 101 Å². The van der Waals surface area contributed by atoms with Crippen LogP contribution in [0.2, 0.25) is 0 Å². The number of carbonyl (C=O) groups excluding carboxylic acids is 1. The summed E-state index contributed by atoms with van der Waals surface area (Å²) in [4.78, 5) is 19.8. The number of pyridine rings is 1. The van der Waals surface area contributed by atoms with Crippen LogP contribution in [0.1, 0.15) is 60.7 Å². The van der Waals surface area contributed by atoms with Gasteiger partial charge in [0, 0.05) is 17.7 Å². The number of carbonyl (C=O) groups is 1. The van der Waals surface area contributed by atoms with Crippen molar-refractivity contribution >= 4 is 5.97 Å². The number of aryl methyl sites for hydroxylation is 1. The number of morpholine rings is 1. The second-order valence-electron chi connectivity index (χ2n) is 8.96. The summed E-state index contributed by atoms with van der Waals surface area (Å²) >= 11 is 0. The smallest absolute Gasteiger partial charge is 0.324 e. The van der Waals surface area contributed by atoms with Gasteiger partial charge in [0.25, 0.3) is 0 Å². The Bertz CT molecular complexity index is 1140. The number of nitrogens with zero attached hydrogens (tertiary/aromatic N) is 2. The van der Waals surface area contributed by atoms with Gasteiger partial charge in [0.05, 0.1) is 11.7 Å². The molecule has 2 fully saturated rings. The van der Waals surface area contributed by atoms with Crippen LogP contribution < -0.4 is 0 Å². The standard InChI is InChI=1S/C27H27FN2O2/c1-4-27(3)21(20-15-16-29-17(2)22(20)28)24-26(31)32-25(19-13-9-6-10-14-19)23(30(24)27)18-11-7-5-8-12-18/h5-16,21,23-25H,4H2,1-3H3/t21-,23+,24+,25-,27-/m0/s1. The molecule has 0 unspecified atom stereocenters. The van der Waals surface area contributed by atoms with E-state index in [1.807, 2.05) is 48.5 Å². The van der Waals surface area contributed by atoms with E-state index in [0.717, 1.165) is 17.5 Å². The molecule has 5 heteroatoms. The Hall–Kier alpha value is -3.05. The number of halogens is 1. The van der Waals surface area contributed by atoms with E-state index in [4.69, 9.17) is 4.74 Å². The van der Waals surface area contributed by atoms with Crippen molar-refractivity contribution in [1.29, 1.82) is 0 Å². The summed E-state index contributed by atoms with van der Waals surface area (Å²) in [6.07, 6.45) is 1.97. The SMILES string of the molecule is CC[C@@]1(C)[C@@H](c2ccnc(C)c2F)[C@@H]2C(=O)O[C@@H](c3ccccc3)[C@@H](c3ccccc3)N21. The van der Waals surface area contributed by atoms with Crippen molar-refractivity contribution in [2.45, 2.75) is 56.8 Å². The van der Waals surface area contributed by atoms with Crippen LogP contribution in [0.25, 0.3) is 0 Å². The first-order chi connectivity index (χ1) is 15.5. The highest BCUT2D eigenvalue weighted by Gasteiger charge is 2.66. The van der Waals surface area contributed by atoms with Gasteiger partial charge in [-0.25, -0.2) is 4.39 Å². The largest absolute Gasteiger partial charge is 0.454 e. The number of hydrogen-bond donors (Lipinski definition) is 0. The van der Waals surface area contributed by atoms with Crippen molar-refractivity contribution in [2.24, 2.45) is 0 Å². The maximum Gasteiger partial charge on any atom is 0.324 e. The molecule has 164 valence electrons. The van der Waals surface area contributed by atoms with Crippen LogP contribution >= 0.6 is 0 Å². The number of aromatic nitrogens is 1. The molecule has 0 saturated carbocycles. The minimum atomic E-state index is -0.540. The minimum absolute atomic E-state index is 0.159. The highest BCUT2D eigenvalue weighted by Crippen LogP contribution is 2.60. The van der Waals surface area contributed by atoms with Crippen molar-refractivity contribution in [1.82, 2.24) is 9.88 Å². The first-order valence-corrected chi connectivity index (χ1v) is 11.2. The molecule has 0 aliphatic carbocycles. The molecule has 32 heavy (non-hydrogen) atoms. The van der Waals surface area contributed by atoms with Crippen molar-refractivity contribution in [2.75, 3.05) is 0 Å². The van der Waals surface area contributed by atoms with Crippen LogP contribution in [-0.2, 0) is 9.53 Å². The second-order valence-corrected chi connectivity index (χ2v) is 8.96. The summed E-state index contributed by atoms with van der Waals surface area (Å²) in [6.45, 7) is 5.91. The monoisotopic (exact) mass is 430 g/mol. The lowest BCUT2D eigenvalue weighted by molar-refractivity contribution is -0.224. The summed E-state index contributed by atoms with van der Waals surface area (Å²) < 4.78 is 21.3. The molecule has 0 bridgehead atoms. The van der Waals surface area contributed by atoms with E-state index >= 15 is 4.39 Å². The summed E-state index contributed by atoms with van der Waals surface area (Å²) in [7, 11) is 0. The third kappa shape index (κ3) is 2.99. The highest BCUT2D eigenvalue weighted by atomic mass is 19.1. The zero-order chi connectivity index (χ0) is 22.5. The number of cyclic esters (lactones) is 1. The van der Waals surface area contributed by atoms with Gasteiger partial charge >= 0.3 is 5.97 Å². The fourth-order valence-electron chi connectivity index (χ4n) is 5.64. The molecule has 0 N–H and O–H groups in total. The van der Waals surface area contributed by atoms with E-state index in [0.29, 0.717) is 11.3 Å². The molecule has 5 atom stereocenters. The third-order valence-electron chi connectivity index (χ3n) is 7.36. The van der Waals surface area contributed by atoms with Gasteiger partial charge in [-0.15, -0.1) is 0 Å². The molecule has 0 spiro atoms. The second kappa shape index (κ2) is 7.82. The Balaban J connectivity index is 1.66. The minimum Gasteiger partial charge on any atom is -0.454 e. The van der Waals surface area contributed by atoms with Crippen LogP contribution in [-0.4, -0.2) is 27.4 Å². The van der Waals surface area contributed by atoms with Gasteiger partial charge in [-0.05, 0) is 43.0 Å². The molecule has 2 aliphatic heterocycles. The Morgan fingerprint density at radius 3 is 2.25 bits per heavy atom. The number of fused-ring (bicyclic) bond motifs is 1. The first kappa shape index (κ1) is 20.8. The summed E-state index contributed by atoms with van der Waals surface area (Å²) in [5, 5.41) is 0. The van der Waals surface area contributed by atoms with Gasteiger partial charge in [0.2, 0.25) is 0 Å². The van der Waals surface area contributed by atoms with Crippen LogP contribution in [0.4, 0.5) is 4.39 Å². The molecule has 3 aromatic rings. The van der Waals surface area contributed by atoms with Crippen LogP contribution in [0.3, 0.4) is 0 Å². The Kier molecular flexibility index (Phi) is 5.09. The lowest BCUT2D eigenvalue weighted by Crippen LogP contribution is -2.75. The summed E-state index contributed by atoms with van der Waals surface area (Å²) in [5.41, 5.74) is 2.53. The van der Waals surface area contributed by atoms with E-state index in [-0.39, 0.29) is 23.7 Å². The highest BCUT2D eigenvalue weighted by molar-refractivity contribution is 5.81. The maximum atomic E-state index is 15.2. The Labute approximate surface area is 188 Å². The zero-order valence-electron chi connectivity index (χ0n) is 18.5. The lowest BCUT2D eigenvalue weighted by atomic mass is 9.61. The molecule has 2 aliphatic rings. The zero-order valence-corrected chi connectivity index (χ0v) is 18.5. The first-order valence-electron chi connectivity index (χ1n) is 11.2. The molecule has 2 aromatic carbocycles. The van der Waals surface area contributed by atoms with Gasteiger partial charge in [-0.2, -0.15) is 0 Å². The number of hydrogen-bond acceptors (Lipinski definition) is 4. The maximum absolute atomic E-state index is 15.2. The molecule has 3 heterocycles. The summed E-state index contributed by atoms with van der Waals surface area (Å²) in [5.74, 6) is -0.925. The fourth-order valence-corrected chi connectivity index (χ4v) is 5.64. The summed E-state index contributed by atoms with van der Waals surface area (Å²) in [6, 6.07) is 21.1. The Morgan fingerprint density at radius 1 is 1.00 bits per heavy atom. The van der Waals surface area contributed by atoms with Gasteiger partial charge < -0.3 is 4.74 Å².